The van der Waals surface area contributed by atoms with Crippen molar-refractivity contribution in [3.05, 3.63) is 23.8 Å². The van der Waals surface area contributed by atoms with Gasteiger partial charge in [0.15, 0.2) is 0 Å². The number of hydrogen-bond donors (Lipinski definition) is 2. The third-order valence-electron chi connectivity index (χ3n) is 3.82. The summed E-state index contributed by atoms with van der Waals surface area (Å²) in [5.41, 5.74) is 6.85. The van der Waals surface area contributed by atoms with E-state index in [0.717, 1.165) is 26.1 Å². The van der Waals surface area contributed by atoms with Crippen molar-refractivity contribution in [3.8, 4) is 5.75 Å². The van der Waals surface area contributed by atoms with E-state index in [0.29, 0.717) is 22.9 Å². The summed E-state index contributed by atoms with van der Waals surface area (Å²) < 4.78 is 10.4. The smallest absolute Gasteiger partial charge is 0.251 e. The standard InChI is InChI=1S/C15H22N2O3/c1-10(11-5-7-20-8-6-11)17-15(18)12-3-4-14(19-2)13(16)9-12/h3-4,9-11H,5-8,16H2,1-2H3,(H,17,18). The fraction of sp³-hybridized carbons (Fsp3) is 0.533. The molecule has 1 aliphatic rings. The van der Waals surface area contributed by atoms with Gasteiger partial charge in [-0.05, 0) is 43.9 Å². The number of benzene rings is 1. The number of nitrogen functional groups attached to an aromatic ring is 1. The molecule has 1 unspecified atom stereocenters. The molecule has 0 spiro atoms. The van der Waals surface area contributed by atoms with Gasteiger partial charge in [-0.3, -0.25) is 4.79 Å². The van der Waals surface area contributed by atoms with Crippen molar-refractivity contribution in [1.29, 1.82) is 0 Å². The highest BCUT2D eigenvalue weighted by Gasteiger charge is 2.22. The van der Waals surface area contributed by atoms with Crippen LogP contribution in [0.15, 0.2) is 18.2 Å². The molecular formula is C15H22N2O3. The molecule has 0 bridgehead atoms. The summed E-state index contributed by atoms with van der Waals surface area (Å²) in [6, 6.07) is 5.21. The van der Waals surface area contributed by atoms with Crippen LogP contribution in [0.25, 0.3) is 0 Å². The molecule has 3 N–H and O–H groups in total. The highest BCUT2D eigenvalue weighted by atomic mass is 16.5. The molecule has 1 amide bonds. The highest BCUT2D eigenvalue weighted by Crippen LogP contribution is 2.23. The molecular weight excluding hydrogens is 256 g/mol. The van der Waals surface area contributed by atoms with E-state index in [1.165, 1.54) is 0 Å². The minimum atomic E-state index is -0.0988. The van der Waals surface area contributed by atoms with Gasteiger partial charge in [0.05, 0.1) is 12.8 Å². The van der Waals surface area contributed by atoms with E-state index in [2.05, 4.69) is 5.32 Å². The van der Waals surface area contributed by atoms with Crippen LogP contribution in [0.2, 0.25) is 0 Å². The Bertz CT molecular complexity index is 470. The van der Waals surface area contributed by atoms with Gasteiger partial charge in [-0.2, -0.15) is 0 Å². The zero-order valence-electron chi connectivity index (χ0n) is 12.0. The van der Waals surface area contributed by atoms with E-state index in [1.54, 1.807) is 25.3 Å². The lowest BCUT2D eigenvalue weighted by Gasteiger charge is -2.28. The molecule has 1 aliphatic heterocycles. The predicted molar refractivity (Wildman–Crippen MR) is 77.9 cm³/mol. The van der Waals surface area contributed by atoms with Crippen LogP contribution in [-0.2, 0) is 4.74 Å². The zero-order chi connectivity index (χ0) is 14.5. The van der Waals surface area contributed by atoms with Gasteiger partial charge >= 0.3 is 0 Å². The molecule has 1 aromatic carbocycles. The van der Waals surface area contributed by atoms with Crippen molar-refractivity contribution in [2.45, 2.75) is 25.8 Å². The average molecular weight is 278 g/mol. The zero-order valence-corrected chi connectivity index (χ0v) is 12.0. The van der Waals surface area contributed by atoms with E-state index in [4.69, 9.17) is 15.2 Å². The number of hydrogen-bond acceptors (Lipinski definition) is 4. The van der Waals surface area contributed by atoms with Gasteiger partial charge in [0.2, 0.25) is 0 Å². The molecule has 5 nitrogen and oxygen atoms in total. The van der Waals surface area contributed by atoms with Crippen LogP contribution in [0.3, 0.4) is 0 Å². The molecule has 0 radical (unpaired) electrons. The topological polar surface area (TPSA) is 73.6 Å². The fourth-order valence-electron chi connectivity index (χ4n) is 2.50. The molecule has 1 heterocycles. The predicted octanol–water partition coefficient (Wildman–Crippen LogP) is 1.82. The van der Waals surface area contributed by atoms with E-state index in [-0.39, 0.29) is 11.9 Å². The first-order valence-corrected chi connectivity index (χ1v) is 6.94. The van der Waals surface area contributed by atoms with Crippen LogP contribution in [-0.4, -0.2) is 32.3 Å². The minimum absolute atomic E-state index is 0.0988. The van der Waals surface area contributed by atoms with Crippen LogP contribution in [0.1, 0.15) is 30.1 Å². The highest BCUT2D eigenvalue weighted by molar-refractivity contribution is 5.95. The van der Waals surface area contributed by atoms with Gasteiger partial charge in [0.1, 0.15) is 5.75 Å². The third kappa shape index (κ3) is 3.42. The lowest BCUT2D eigenvalue weighted by molar-refractivity contribution is 0.0538. The number of nitrogens with one attached hydrogen (secondary N) is 1. The third-order valence-corrected chi connectivity index (χ3v) is 3.82. The first-order chi connectivity index (χ1) is 9.61. The molecule has 1 atom stereocenters. The molecule has 0 aromatic heterocycles. The second-order valence-electron chi connectivity index (χ2n) is 5.17. The largest absolute Gasteiger partial charge is 0.495 e. The second-order valence-corrected chi connectivity index (χ2v) is 5.17. The van der Waals surface area contributed by atoms with E-state index < -0.39 is 0 Å². The maximum Gasteiger partial charge on any atom is 0.251 e. The molecule has 5 heteroatoms. The second kappa shape index (κ2) is 6.61. The molecule has 0 saturated carbocycles. The van der Waals surface area contributed by atoms with Gasteiger partial charge in [0.25, 0.3) is 5.91 Å². The maximum atomic E-state index is 12.2. The molecule has 1 saturated heterocycles. The minimum Gasteiger partial charge on any atom is -0.495 e. The molecule has 20 heavy (non-hydrogen) atoms. The summed E-state index contributed by atoms with van der Waals surface area (Å²) in [6.07, 6.45) is 1.98. The molecule has 110 valence electrons. The summed E-state index contributed by atoms with van der Waals surface area (Å²) in [4.78, 5) is 12.2. The number of nitrogens with two attached hydrogens (primary N) is 1. The van der Waals surface area contributed by atoms with Crippen molar-refractivity contribution >= 4 is 11.6 Å². The van der Waals surface area contributed by atoms with Gasteiger partial charge in [-0.25, -0.2) is 0 Å². The van der Waals surface area contributed by atoms with Crippen molar-refractivity contribution in [2.75, 3.05) is 26.1 Å². The van der Waals surface area contributed by atoms with E-state index in [1.807, 2.05) is 6.92 Å². The average Bonchev–Trinajstić information content (AvgIpc) is 2.48. The van der Waals surface area contributed by atoms with Crippen LogP contribution >= 0.6 is 0 Å². The Morgan fingerprint density at radius 1 is 1.45 bits per heavy atom. The summed E-state index contributed by atoms with van der Waals surface area (Å²) >= 11 is 0. The Labute approximate surface area is 119 Å². The lowest BCUT2D eigenvalue weighted by Crippen LogP contribution is -2.40. The summed E-state index contributed by atoms with van der Waals surface area (Å²) in [7, 11) is 1.55. The van der Waals surface area contributed by atoms with E-state index in [9.17, 15) is 4.79 Å². The van der Waals surface area contributed by atoms with Gasteiger partial charge in [-0.15, -0.1) is 0 Å². The summed E-state index contributed by atoms with van der Waals surface area (Å²) in [5.74, 6) is 0.959. The number of rotatable bonds is 4. The monoisotopic (exact) mass is 278 g/mol. The van der Waals surface area contributed by atoms with Crippen molar-refractivity contribution in [1.82, 2.24) is 5.32 Å². The number of amides is 1. The first-order valence-electron chi connectivity index (χ1n) is 6.94. The van der Waals surface area contributed by atoms with Crippen molar-refractivity contribution in [3.63, 3.8) is 0 Å². The fourth-order valence-corrected chi connectivity index (χ4v) is 2.50. The molecule has 1 aromatic rings. The number of anilines is 1. The summed E-state index contributed by atoms with van der Waals surface area (Å²) in [6.45, 7) is 3.60. The van der Waals surface area contributed by atoms with Crippen LogP contribution in [0, 0.1) is 5.92 Å². The quantitative estimate of drug-likeness (QED) is 0.824. The Hall–Kier alpha value is -1.75. The van der Waals surface area contributed by atoms with Gasteiger partial charge < -0.3 is 20.5 Å². The van der Waals surface area contributed by atoms with Crippen LogP contribution < -0.4 is 15.8 Å². The van der Waals surface area contributed by atoms with Crippen LogP contribution in [0.4, 0.5) is 5.69 Å². The maximum absolute atomic E-state index is 12.2. The van der Waals surface area contributed by atoms with Gasteiger partial charge in [-0.1, -0.05) is 0 Å². The van der Waals surface area contributed by atoms with Crippen molar-refractivity contribution < 1.29 is 14.3 Å². The Morgan fingerprint density at radius 3 is 2.75 bits per heavy atom. The first kappa shape index (κ1) is 14.7. The Morgan fingerprint density at radius 2 is 2.15 bits per heavy atom. The van der Waals surface area contributed by atoms with Gasteiger partial charge in [0, 0.05) is 24.8 Å². The normalized spacial score (nSPS) is 17.5. The molecule has 1 fully saturated rings. The molecule has 0 aliphatic carbocycles. The Balaban J connectivity index is 1.98. The lowest BCUT2D eigenvalue weighted by atomic mass is 9.93. The van der Waals surface area contributed by atoms with Crippen LogP contribution in [0.5, 0.6) is 5.75 Å². The number of carbonyl (C=O) groups excluding carboxylic acids is 1. The number of carbonyl (C=O) groups is 1. The van der Waals surface area contributed by atoms with E-state index >= 15 is 0 Å². The Kier molecular flexibility index (Phi) is 4.84. The summed E-state index contributed by atoms with van der Waals surface area (Å²) in [5, 5.41) is 3.04. The molecule has 2 rings (SSSR count). The number of methoxy groups -OCH3 is 1. The number of ether oxygens (including phenoxy) is 2. The SMILES string of the molecule is COc1ccc(C(=O)NC(C)C2CCOCC2)cc1N. The van der Waals surface area contributed by atoms with Crippen molar-refractivity contribution in [2.24, 2.45) is 5.92 Å².